The van der Waals surface area contributed by atoms with E-state index in [0.29, 0.717) is 11.1 Å². The van der Waals surface area contributed by atoms with Gasteiger partial charge in [-0.05, 0) is 11.6 Å². The molecule has 0 aromatic carbocycles. The molecular weight excluding hydrogens is 232 g/mol. The van der Waals surface area contributed by atoms with Crippen LogP contribution < -0.4 is 5.32 Å². The molecule has 1 aromatic heterocycles. The lowest BCUT2D eigenvalue weighted by molar-refractivity contribution is -0.118. The number of nitrogens with one attached hydrogen (secondary N) is 1. The van der Waals surface area contributed by atoms with Crippen LogP contribution in [-0.2, 0) is 16.1 Å². The van der Waals surface area contributed by atoms with Crippen LogP contribution >= 0.6 is 11.6 Å². The molecule has 0 radical (unpaired) electrons. The Bertz CT molecular complexity index is 395. The van der Waals surface area contributed by atoms with Crippen LogP contribution in [0.1, 0.15) is 15.9 Å². The maximum absolute atomic E-state index is 11.2. The molecule has 1 amide bonds. The summed E-state index contributed by atoms with van der Waals surface area (Å²) in [5.74, 6) is -0.826. The van der Waals surface area contributed by atoms with Gasteiger partial charge in [0.05, 0.1) is 12.7 Å². The van der Waals surface area contributed by atoms with E-state index in [9.17, 15) is 9.59 Å². The van der Waals surface area contributed by atoms with Crippen molar-refractivity contribution >= 4 is 23.5 Å². The molecule has 5 nitrogen and oxygen atoms in total. The van der Waals surface area contributed by atoms with E-state index >= 15 is 0 Å². The molecule has 0 aliphatic heterocycles. The van der Waals surface area contributed by atoms with Crippen molar-refractivity contribution in [2.24, 2.45) is 0 Å². The summed E-state index contributed by atoms with van der Waals surface area (Å²) in [5.41, 5.74) is 1.06. The zero-order chi connectivity index (χ0) is 12.0. The zero-order valence-corrected chi connectivity index (χ0v) is 9.45. The summed E-state index contributed by atoms with van der Waals surface area (Å²) in [5, 5.41) is 2.57. The van der Waals surface area contributed by atoms with E-state index in [1.807, 2.05) is 0 Å². The van der Waals surface area contributed by atoms with Gasteiger partial charge in [-0.1, -0.05) is 0 Å². The number of pyridine rings is 1. The zero-order valence-electron chi connectivity index (χ0n) is 8.70. The third-order valence-corrected chi connectivity index (χ3v) is 2.07. The maximum Gasteiger partial charge on any atom is 0.339 e. The van der Waals surface area contributed by atoms with Gasteiger partial charge in [0.1, 0.15) is 5.88 Å². The van der Waals surface area contributed by atoms with Crippen molar-refractivity contribution in [3.8, 4) is 0 Å². The standard InChI is InChI=1S/C10H11ClN2O3/c1-16-10(15)8-2-7(4-12-6-8)5-13-9(14)3-11/h2,4,6H,3,5H2,1H3,(H,13,14). The lowest BCUT2D eigenvalue weighted by Gasteiger charge is -2.04. The fraction of sp³-hybridized carbons (Fsp3) is 0.300. The third-order valence-electron chi connectivity index (χ3n) is 1.83. The van der Waals surface area contributed by atoms with Gasteiger partial charge < -0.3 is 10.1 Å². The van der Waals surface area contributed by atoms with E-state index < -0.39 is 5.97 Å². The molecule has 0 fully saturated rings. The first kappa shape index (κ1) is 12.4. The minimum absolute atomic E-state index is 0.0931. The fourth-order valence-electron chi connectivity index (χ4n) is 1.06. The molecule has 0 unspecified atom stereocenters. The summed E-state index contributed by atoms with van der Waals surface area (Å²) < 4.78 is 4.55. The lowest BCUT2D eigenvalue weighted by Crippen LogP contribution is -2.23. The fourth-order valence-corrected chi connectivity index (χ4v) is 1.16. The highest BCUT2D eigenvalue weighted by Crippen LogP contribution is 2.03. The van der Waals surface area contributed by atoms with Gasteiger partial charge in [0, 0.05) is 18.9 Å². The van der Waals surface area contributed by atoms with E-state index in [2.05, 4.69) is 15.0 Å². The van der Waals surface area contributed by atoms with E-state index in [0.717, 1.165) is 0 Å². The average Bonchev–Trinajstić information content (AvgIpc) is 2.35. The Balaban J connectivity index is 2.67. The number of nitrogens with zero attached hydrogens (tertiary/aromatic N) is 1. The van der Waals surface area contributed by atoms with Crippen molar-refractivity contribution in [1.29, 1.82) is 0 Å². The van der Waals surface area contributed by atoms with Crippen LogP contribution in [0.2, 0.25) is 0 Å². The van der Waals surface area contributed by atoms with Crippen LogP contribution in [0.25, 0.3) is 0 Å². The summed E-state index contributed by atoms with van der Waals surface area (Å²) in [6, 6.07) is 1.60. The first-order valence-electron chi connectivity index (χ1n) is 4.52. The topological polar surface area (TPSA) is 68.3 Å². The van der Waals surface area contributed by atoms with Crippen LogP contribution in [0.3, 0.4) is 0 Å². The minimum atomic E-state index is -0.460. The summed E-state index contributed by atoms with van der Waals surface area (Å²) >= 11 is 5.32. The van der Waals surface area contributed by atoms with Gasteiger partial charge in [-0.3, -0.25) is 9.78 Å². The molecule has 1 rings (SSSR count). The van der Waals surface area contributed by atoms with Gasteiger partial charge in [-0.25, -0.2) is 4.79 Å². The number of hydrogen-bond donors (Lipinski definition) is 1. The van der Waals surface area contributed by atoms with Crippen LogP contribution in [-0.4, -0.2) is 29.9 Å². The van der Waals surface area contributed by atoms with Crippen molar-refractivity contribution in [3.05, 3.63) is 29.6 Å². The molecule has 1 aromatic rings. The highest BCUT2D eigenvalue weighted by molar-refractivity contribution is 6.27. The second kappa shape index (κ2) is 6.07. The number of aromatic nitrogens is 1. The van der Waals surface area contributed by atoms with Crippen molar-refractivity contribution in [2.45, 2.75) is 6.54 Å². The first-order chi connectivity index (χ1) is 7.67. The molecule has 0 aliphatic rings. The highest BCUT2D eigenvalue weighted by atomic mass is 35.5. The Hall–Kier alpha value is -1.62. The Kier molecular flexibility index (Phi) is 4.72. The smallest absolute Gasteiger partial charge is 0.339 e. The van der Waals surface area contributed by atoms with Gasteiger partial charge >= 0.3 is 5.97 Å². The molecule has 1 heterocycles. The number of halogens is 1. The van der Waals surface area contributed by atoms with Crippen LogP contribution in [0.15, 0.2) is 18.5 Å². The van der Waals surface area contributed by atoms with Gasteiger partial charge in [0.2, 0.25) is 5.91 Å². The number of esters is 1. The molecular formula is C10H11ClN2O3. The van der Waals surface area contributed by atoms with E-state index in [4.69, 9.17) is 11.6 Å². The molecule has 1 N–H and O–H groups in total. The normalized spacial score (nSPS) is 9.62. The molecule has 0 saturated heterocycles. The molecule has 0 atom stereocenters. The molecule has 0 spiro atoms. The van der Waals surface area contributed by atoms with Gasteiger partial charge in [-0.15, -0.1) is 11.6 Å². The van der Waals surface area contributed by atoms with E-state index in [-0.39, 0.29) is 18.3 Å². The Morgan fingerprint density at radius 2 is 2.25 bits per heavy atom. The predicted molar refractivity (Wildman–Crippen MR) is 58.1 cm³/mol. The second-order valence-corrected chi connectivity index (χ2v) is 3.25. The van der Waals surface area contributed by atoms with Crippen molar-refractivity contribution in [1.82, 2.24) is 10.3 Å². The first-order valence-corrected chi connectivity index (χ1v) is 5.05. The lowest BCUT2D eigenvalue weighted by atomic mass is 10.2. The molecule has 0 bridgehead atoms. The number of amides is 1. The number of hydrogen-bond acceptors (Lipinski definition) is 4. The summed E-state index contributed by atoms with van der Waals surface area (Å²) in [6.45, 7) is 0.281. The van der Waals surface area contributed by atoms with E-state index in [1.54, 1.807) is 12.3 Å². The summed E-state index contributed by atoms with van der Waals surface area (Å²) in [6.07, 6.45) is 2.96. The second-order valence-electron chi connectivity index (χ2n) is 2.98. The quantitative estimate of drug-likeness (QED) is 0.624. The molecule has 0 aliphatic carbocycles. The number of alkyl halides is 1. The molecule has 16 heavy (non-hydrogen) atoms. The molecule has 6 heteroatoms. The molecule has 0 saturated carbocycles. The van der Waals surface area contributed by atoms with Gasteiger partial charge in [0.15, 0.2) is 0 Å². The maximum atomic E-state index is 11.2. The van der Waals surface area contributed by atoms with Crippen LogP contribution in [0, 0.1) is 0 Å². The SMILES string of the molecule is COC(=O)c1cncc(CNC(=O)CCl)c1. The number of ether oxygens (including phenoxy) is 1. The Labute approximate surface area is 97.8 Å². The Morgan fingerprint density at radius 3 is 2.88 bits per heavy atom. The molecule has 86 valence electrons. The number of carbonyl (C=O) groups is 2. The monoisotopic (exact) mass is 242 g/mol. The van der Waals surface area contributed by atoms with Crippen LogP contribution in [0.5, 0.6) is 0 Å². The average molecular weight is 243 g/mol. The largest absolute Gasteiger partial charge is 0.465 e. The third kappa shape index (κ3) is 3.51. The minimum Gasteiger partial charge on any atom is -0.465 e. The number of carbonyl (C=O) groups excluding carboxylic acids is 2. The number of rotatable bonds is 4. The van der Waals surface area contributed by atoms with Crippen molar-refractivity contribution in [2.75, 3.05) is 13.0 Å². The van der Waals surface area contributed by atoms with Crippen molar-refractivity contribution < 1.29 is 14.3 Å². The predicted octanol–water partition coefficient (Wildman–Crippen LogP) is 0.723. The van der Waals surface area contributed by atoms with E-state index in [1.165, 1.54) is 13.3 Å². The Morgan fingerprint density at radius 1 is 1.50 bits per heavy atom. The summed E-state index contributed by atoms with van der Waals surface area (Å²) in [7, 11) is 1.30. The van der Waals surface area contributed by atoms with Crippen molar-refractivity contribution in [3.63, 3.8) is 0 Å². The van der Waals surface area contributed by atoms with Gasteiger partial charge in [-0.2, -0.15) is 0 Å². The number of methoxy groups -OCH3 is 1. The van der Waals surface area contributed by atoms with Crippen LogP contribution in [0.4, 0.5) is 0 Å². The summed E-state index contributed by atoms with van der Waals surface area (Å²) in [4.78, 5) is 26.0. The highest BCUT2D eigenvalue weighted by Gasteiger charge is 2.06. The van der Waals surface area contributed by atoms with Gasteiger partial charge in [0.25, 0.3) is 0 Å².